The van der Waals surface area contributed by atoms with E-state index in [9.17, 15) is 5.11 Å². The van der Waals surface area contributed by atoms with Crippen LogP contribution in [0.25, 0.3) is 0 Å². The van der Waals surface area contributed by atoms with Gasteiger partial charge in [-0.3, -0.25) is 0 Å². The average Bonchev–Trinajstić information content (AvgIpc) is 3.10. The van der Waals surface area contributed by atoms with Crippen molar-refractivity contribution in [2.75, 3.05) is 0 Å². The first kappa shape index (κ1) is 10.4. The van der Waals surface area contributed by atoms with Crippen LogP contribution in [0.4, 0.5) is 0 Å². The van der Waals surface area contributed by atoms with Gasteiger partial charge in [-0.2, -0.15) is 0 Å². The number of benzene rings is 2. The second kappa shape index (κ2) is 3.90. The summed E-state index contributed by atoms with van der Waals surface area (Å²) in [7, 11) is 0. The maximum Gasteiger partial charge on any atom is 0.133 e. The van der Waals surface area contributed by atoms with Crippen LogP contribution >= 0.6 is 0 Å². The molecular formula is C15H14O2. The molecular weight excluding hydrogens is 212 g/mol. The Morgan fingerprint density at radius 3 is 2.24 bits per heavy atom. The topological polar surface area (TPSA) is 29.5 Å². The SMILES string of the molecule is OC1(c2ccccc2Oc2ccccc2)CC1. The molecule has 17 heavy (non-hydrogen) atoms. The van der Waals surface area contributed by atoms with Gasteiger partial charge < -0.3 is 9.84 Å². The van der Waals surface area contributed by atoms with E-state index >= 15 is 0 Å². The smallest absolute Gasteiger partial charge is 0.133 e. The van der Waals surface area contributed by atoms with Crippen molar-refractivity contribution < 1.29 is 9.84 Å². The zero-order valence-corrected chi connectivity index (χ0v) is 9.47. The predicted molar refractivity (Wildman–Crippen MR) is 66.1 cm³/mol. The van der Waals surface area contributed by atoms with Crippen molar-refractivity contribution in [1.29, 1.82) is 0 Å². The van der Waals surface area contributed by atoms with E-state index in [2.05, 4.69) is 0 Å². The summed E-state index contributed by atoms with van der Waals surface area (Å²) < 4.78 is 5.82. The van der Waals surface area contributed by atoms with E-state index in [4.69, 9.17) is 4.74 Å². The Labute approximate surface area is 100 Å². The Morgan fingerprint density at radius 1 is 0.882 bits per heavy atom. The van der Waals surface area contributed by atoms with Crippen LogP contribution in [0.5, 0.6) is 11.5 Å². The van der Waals surface area contributed by atoms with Gasteiger partial charge in [-0.1, -0.05) is 36.4 Å². The van der Waals surface area contributed by atoms with Gasteiger partial charge in [0, 0.05) is 5.56 Å². The first-order chi connectivity index (χ1) is 8.28. The van der Waals surface area contributed by atoms with Crippen LogP contribution in [0, 0.1) is 0 Å². The maximum atomic E-state index is 10.2. The molecule has 0 aromatic heterocycles. The van der Waals surface area contributed by atoms with Crippen LogP contribution in [0.3, 0.4) is 0 Å². The standard InChI is InChI=1S/C15H14O2/c16-15(10-11-15)13-8-4-5-9-14(13)17-12-6-2-1-3-7-12/h1-9,16H,10-11H2. The van der Waals surface area contributed by atoms with E-state index in [1.54, 1.807) is 0 Å². The van der Waals surface area contributed by atoms with Gasteiger partial charge in [0.2, 0.25) is 0 Å². The highest BCUT2D eigenvalue weighted by atomic mass is 16.5. The van der Waals surface area contributed by atoms with Gasteiger partial charge in [0.05, 0.1) is 5.60 Å². The first-order valence-corrected chi connectivity index (χ1v) is 5.83. The third kappa shape index (κ3) is 2.04. The third-order valence-electron chi connectivity index (χ3n) is 3.08. The highest BCUT2D eigenvalue weighted by Crippen LogP contribution is 2.49. The molecule has 1 aliphatic rings. The van der Waals surface area contributed by atoms with Gasteiger partial charge in [-0.25, -0.2) is 0 Å². The molecule has 0 atom stereocenters. The lowest BCUT2D eigenvalue weighted by Gasteiger charge is -2.14. The molecule has 1 saturated carbocycles. The molecule has 86 valence electrons. The quantitative estimate of drug-likeness (QED) is 0.868. The molecule has 0 aliphatic heterocycles. The van der Waals surface area contributed by atoms with Crippen molar-refractivity contribution >= 4 is 0 Å². The van der Waals surface area contributed by atoms with Crippen molar-refractivity contribution in [2.45, 2.75) is 18.4 Å². The molecule has 0 bridgehead atoms. The molecule has 1 aliphatic carbocycles. The fourth-order valence-corrected chi connectivity index (χ4v) is 1.94. The summed E-state index contributed by atoms with van der Waals surface area (Å²) in [6.07, 6.45) is 1.64. The summed E-state index contributed by atoms with van der Waals surface area (Å²) in [6.45, 7) is 0. The fraction of sp³-hybridized carbons (Fsp3) is 0.200. The number of para-hydroxylation sites is 2. The largest absolute Gasteiger partial charge is 0.457 e. The molecule has 0 heterocycles. The number of aliphatic hydroxyl groups is 1. The minimum Gasteiger partial charge on any atom is -0.457 e. The van der Waals surface area contributed by atoms with Gasteiger partial charge in [0.25, 0.3) is 0 Å². The Hall–Kier alpha value is -1.80. The second-order valence-electron chi connectivity index (χ2n) is 4.44. The van der Waals surface area contributed by atoms with Crippen LogP contribution < -0.4 is 4.74 Å². The Morgan fingerprint density at radius 2 is 1.53 bits per heavy atom. The summed E-state index contributed by atoms with van der Waals surface area (Å²) in [4.78, 5) is 0. The lowest BCUT2D eigenvalue weighted by Crippen LogP contribution is -2.05. The van der Waals surface area contributed by atoms with Gasteiger partial charge >= 0.3 is 0 Å². The van der Waals surface area contributed by atoms with Crippen molar-refractivity contribution in [3.8, 4) is 11.5 Å². The summed E-state index contributed by atoms with van der Waals surface area (Å²) in [5.41, 5.74) is 0.231. The minimum atomic E-state index is -0.661. The first-order valence-electron chi connectivity index (χ1n) is 5.83. The van der Waals surface area contributed by atoms with Crippen LogP contribution in [-0.2, 0) is 5.60 Å². The van der Waals surface area contributed by atoms with E-state index in [0.717, 1.165) is 29.9 Å². The molecule has 3 rings (SSSR count). The summed E-state index contributed by atoms with van der Waals surface area (Å²) in [5, 5.41) is 10.2. The highest BCUT2D eigenvalue weighted by molar-refractivity contribution is 5.43. The molecule has 0 radical (unpaired) electrons. The average molecular weight is 226 g/mol. The molecule has 0 saturated heterocycles. The molecule has 2 heteroatoms. The van der Waals surface area contributed by atoms with E-state index in [1.807, 2.05) is 54.6 Å². The van der Waals surface area contributed by atoms with E-state index in [1.165, 1.54) is 0 Å². The molecule has 1 N–H and O–H groups in total. The number of rotatable bonds is 3. The second-order valence-corrected chi connectivity index (χ2v) is 4.44. The van der Waals surface area contributed by atoms with Gasteiger partial charge in [-0.15, -0.1) is 0 Å². The molecule has 0 spiro atoms. The van der Waals surface area contributed by atoms with Gasteiger partial charge in [0.1, 0.15) is 11.5 Å². The Kier molecular flexibility index (Phi) is 2.37. The lowest BCUT2D eigenvalue weighted by atomic mass is 10.1. The Bertz CT molecular complexity index is 515. The molecule has 2 aromatic carbocycles. The fourth-order valence-electron chi connectivity index (χ4n) is 1.94. The molecule has 0 unspecified atom stereocenters. The minimum absolute atomic E-state index is 0.661. The van der Waals surface area contributed by atoms with Crippen molar-refractivity contribution in [2.24, 2.45) is 0 Å². The van der Waals surface area contributed by atoms with Gasteiger partial charge in [-0.05, 0) is 31.0 Å². The van der Waals surface area contributed by atoms with Crippen LogP contribution in [0.15, 0.2) is 54.6 Å². The predicted octanol–water partition coefficient (Wildman–Crippen LogP) is 3.46. The third-order valence-corrected chi connectivity index (χ3v) is 3.08. The Balaban J connectivity index is 1.93. The van der Waals surface area contributed by atoms with Crippen molar-refractivity contribution in [3.05, 3.63) is 60.2 Å². The molecule has 2 aromatic rings. The zero-order chi connectivity index (χ0) is 11.7. The zero-order valence-electron chi connectivity index (χ0n) is 9.47. The van der Waals surface area contributed by atoms with E-state index in [-0.39, 0.29) is 0 Å². The van der Waals surface area contributed by atoms with Crippen LogP contribution in [0.2, 0.25) is 0 Å². The molecule has 1 fully saturated rings. The monoisotopic (exact) mass is 226 g/mol. The normalized spacial score (nSPS) is 16.5. The van der Waals surface area contributed by atoms with E-state index < -0.39 is 5.60 Å². The van der Waals surface area contributed by atoms with Crippen LogP contribution in [0.1, 0.15) is 18.4 Å². The number of hydrogen-bond acceptors (Lipinski definition) is 2. The van der Waals surface area contributed by atoms with Crippen LogP contribution in [-0.4, -0.2) is 5.11 Å². The number of hydrogen-bond donors (Lipinski definition) is 1. The number of ether oxygens (including phenoxy) is 1. The van der Waals surface area contributed by atoms with E-state index in [0.29, 0.717) is 0 Å². The summed E-state index contributed by atoms with van der Waals surface area (Å²) >= 11 is 0. The highest BCUT2D eigenvalue weighted by Gasteiger charge is 2.44. The molecule has 2 nitrogen and oxygen atoms in total. The summed E-state index contributed by atoms with van der Waals surface area (Å²) in [6, 6.07) is 17.3. The van der Waals surface area contributed by atoms with Crippen molar-refractivity contribution in [3.63, 3.8) is 0 Å². The lowest BCUT2D eigenvalue weighted by molar-refractivity contribution is 0.148. The van der Waals surface area contributed by atoms with Gasteiger partial charge in [0.15, 0.2) is 0 Å². The maximum absolute atomic E-state index is 10.2. The molecule has 0 amide bonds. The van der Waals surface area contributed by atoms with Crippen molar-refractivity contribution in [1.82, 2.24) is 0 Å². The summed E-state index contributed by atoms with van der Waals surface area (Å²) in [5.74, 6) is 1.54.